The van der Waals surface area contributed by atoms with Crippen LogP contribution in [0.2, 0.25) is 0 Å². The summed E-state index contributed by atoms with van der Waals surface area (Å²) in [6.45, 7) is 10.6. The number of rotatable bonds is 7. The standard InChI is InChI=1S/C24H30N4O3/c1-3-26-12-14-27(15-13-26)17-20-9-5-4-8-19(20)16-25-23(29)18(2)28-21-10-6-7-11-22(21)31-24(28)30/h4-11,18H,3,12-17H2,1-2H3,(H,25,29). The third-order valence-corrected chi connectivity index (χ3v) is 6.16. The number of piperazine rings is 1. The molecule has 1 saturated heterocycles. The summed E-state index contributed by atoms with van der Waals surface area (Å²) in [6.07, 6.45) is 0. The highest BCUT2D eigenvalue weighted by molar-refractivity contribution is 5.82. The first kappa shape index (κ1) is 21.3. The number of nitrogens with one attached hydrogen (secondary N) is 1. The van der Waals surface area contributed by atoms with Crippen LogP contribution in [0.25, 0.3) is 11.1 Å². The number of para-hydroxylation sites is 2. The highest BCUT2D eigenvalue weighted by atomic mass is 16.4. The topological polar surface area (TPSA) is 70.7 Å². The van der Waals surface area contributed by atoms with Crippen molar-refractivity contribution in [3.05, 3.63) is 70.2 Å². The summed E-state index contributed by atoms with van der Waals surface area (Å²) in [7, 11) is 0. The third kappa shape index (κ3) is 4.73. The zero-order chi connectivity index (χ0) is 21.8. The summed E-state index contributed by atoms with van der Waals surface area (Å²) in [4.78, 5) is 30.1. The Morgan fingerprint density at radius 3 is 2.39 bits per heavy atom. The number of benzene rings is 2. The molecule has 0 saturated carbocycles. The van der Waals surface area contributed by atoms with Crippen molar-refractivity contribution in [3.8, 4) is 0 Å². The van der Waals surface area contributed by atoms with Crippen molar-refractivity contribution < 1.29 is 9.21 Å². The van der Waals surface area contributed by atoms with Gasteiger partial charge in [0.2, 0.25) is 5.91 Å². The minimum atomic E-state index is -0.662. The molecule has 0 radical (unpaired) electrons. The first-order chi connectivity index (χ1) is 15.1. The van der Waals surface area contributed by atoms with E-state index in [2.05, 4.69) is 34.2 Å². The summed E-state index contributed by atoms with van der Waals surface area (Å²) >= 11 is 0. The number of nitrogens with zero attached hydrogens (tertiary/aromatic N) is 3. The van der Waals surface area contributed by atoms with Crippen LogP contribution in [0.5, 0.6) is 0 Å². The Kier molecular flexibility index (Phi) is 6.53. The predicted octanol–water partition coefficient (Wildman–Crippen LogP) is 2.61. The van der Waals surface area contributed by atoms with Crippen LogP contribution in [0, 0.1) is 0 Å². The van der Waals surface area contributed by atoms with E-state index in [-0.39, 0.29) is 5.91 Å². The molecule has 31 heavy (non-hydrogen) atoms. The van der Waals surface area contributed by atoms with Gasteiger partial charge in [-0.1, -0.05) is 43.3 Å². The summed E-state index contributed by atoms with van der Waals surface area (Å²) < 4.78 is 6.68. The lowest BCUT2D eigenvalue weighted by atomic mass is 10.1. The normalized spacial score (nSPS) is 16.5. The largest absolute Gasteiger partial charge is 0.420 e. The highest BCUT2D eigenvalue weighted by Gasteiger charge is 2.21. The van der Waals surface area contributed by atoms with E-state index in [1.807, 2.05) is 18.2 Å². The van der Waals surface area contributed by atoms with Crippen LogP contribution in [-0.4, -0.2) is 53.0 Å². The van der Waals surface area contributed by atoms with Crippen LogP contribution in [0.4, 0.5) is 0 Å². The van der Waals surface area contributed by atoms with Gasteiger partial charge >= 0.3 is 5.76 Å². The van der Waals surface area contributed by atoms with E-state index in [9.17, 15) is 9.59 Å². The number of carbonyl (C=O) groups excluding carboxylic acids is 1. The van der Waals surface area contributed by atoms with Gasteiger partial charge in [-0.05, 0) is 36.7 Å². The number of hydrogen-bond acceptors (Lipinski definition) is 5. The first-order valence-corrected chi connectivity index (χ1v) is 11.0. The van der Waals surface area contributed by atoms with Crippen LogP contribution in [0.3, 0.4) is 0 Å². The Bertz CT molecular complexity index is 1100. The van der Waals surface area contributed by atoms with Gasteiger partial charge in [0, 0.05) is 39.3 Å². The van der Waals surface area contributed by atoms with Crippen LogP contribution in [0.15, 0.2) is 57.7 Å². The SMILES string of the molecule is CCN1CCN(Cc2ccccc2CNC(=O)C(C)n2c(=O)oc3ccccc32)CC1. The van der Waals surface area contributed by atoms with E-state index in [1.54, 1.807) is 25.1 Å². The van der Waals surface area contributed by atoms with E-state index in [4.69, 9.17) is 4.42 Å². The molecule has 0 bridgehead atoms. The lowest BCUT2D eigenvalue weighted by Gasteiger charge is -2.34. The van der Waals surface area contributed by atoms with Gasteiger partial charge in [-0.2, -0.15) is 0 Å². The average Bonchev–Trinajstić information content (AvgIpc) is 3.14. The Morgan fingerprint density at radius 1 is 1.00 bits per heavy atom. The van der Waals surface area contributed by atoms with Crippen molar-refractivity contribution in [2.45, 2.75) is 33.0 Å². The molecule has 0 spiro atoms. The Labute approximate surface area is 182 Å². The van der Waals surface area contributed by atoms with Crippen LogP contribution in [0.1, 0.15) is 31.0 Å². The van der Waals surface area contributed by atoms with Gasteiger partial charge in [-0.25, -0.2) is 4.79 Å². The minimum Gasteiger partial charge on any atom is -0.408 e. The number of aromatic nitrogens is 1. The number of amides is 1. The molecule has 4 rings (SSSR count). The number of carbonyl (C=O) groups is 1. The van der Waals surface area contributed by atoms with E-state index in [1.165, 1.54) is 10.1 Å². The number of likely N-dealkylation sites (N-methyl/N-ethyl adjacent to an activating group) is 1. The molecule has 1 unspecified atom stereocenters. The molecule has 0 aliphatic carbocycles. The van der Waals surface area contributed by atoms with E-state index in [0.29, 0.717) is 17.6 Å². The Morgan fingerprint density at radius 2 is 1.65 bits per heavy atom. The molecule has 1 N–H and O–H groups in total. The summed E-state index contributed by atoms with van der Waals surface area (Å²) in [6, 6.07) is 14.7. The van der Waals surface area contributed by atoms with Crippen molar-refractivity contribution in [1.82, 2.24) is 19.7 Å². The van der Waals surface area contributed by atoms with Gasteiger partial charge < -0.3 is 14.6 Å². The second-order valence-corrected chi connectivity index (χ2v) is 8.08. The fourth-order valence-corrected chi connectivity index (χ4v) is 4.19. The molecule has 7 nitrogen and oxygen atoms in total. The van der Waals surface area contributed by atoms with E-state index < -0.39 is 11.8 Å². The monoisotopic (exact) mass is 422 g/mol. The zero-order valence-electron chi connectivity index (χ0n) is 18.2. The van der Waals surface area contributed by atoms with Crippen molar-refractivity contribution in [3.63, 3.8) is 0 Å². The van der Waals surface area contributed by atoms with Crippen molar-refractivity contribution in [2.75, 3.05) is 32.7 Å². The number of fused-ring (bicyclic) bond motifs is 1. The molecule has 3 aromatic rings. The maximum atomic E-state index is 12.9. The predicted molar refractivity (Wildman–Crippen MR) is 121 cm³/mol. The smallest absolute Gasteiger partial charge is 0.408 e. The van der Waals surface area contributed by atoms with Gasteiger partial charge in [-0.3, -0.25) is 14.3 Å². The second-order valence-electron chi connectivity index (χ2n) is 8.08. The van der Waals surface area contributed by atoms with Crippen LogP contribution >= 0.6 is 0 Å². The molecular weight excluding hydrogens is 392 g/mol. The molecule has 2 aromatic carbocycles. The van der Waals surface area contributed by atoms with Gasteiger partial charge in [0.15, 0.2) is 5.58 Å². The van der Waals surface area contributed by atoms with Crippen LogP contribution < -0.4 is 11.1 Å². The maximum Gasteiger partial charge on any atom is 0.420 e. The highest BCUT2D eigenvalue weighted by Crippen LogP contribution is 2.18. The summed E-state index contributed by atoms with van der Waals surface area (Å²) in [5.41, 5.74) is 3.44. The maximum absolute atomic E-state index is 12.9. The van der Waals surface area contributed by atoms with Gasteiger partial charge in [0.25, 0.3) is 0 Å². The lowest BCUT2D eigenvalue weighted by Crippen LogP contribution is -2.45. The van der Waals surface area contributed by atoms with Gasteiger partial charge in [0.1, 0.15) is 6.04 Å². The minimum absolute atomic E-state index is 0.208. The van der Waals surface area contributed by atoms with Gasteiger partial charge in [0.05, 0.1) is 5.52 Å². The number of hydrogen-bond donors (Lipinski definition) is 1. The summed E-state index contributed by atoms with van der Waals surface area (Å²) in [5, 5.41) is 3.01. The second kappa shape index (κ2) is 9.49. The molecule has 1 aromatic heterocycles. The molecule has 7 heteroatoms. The zero-order valence-corrected chi connectivity index (χ0v) is 18.2. The lowest BCUT2D eigenvalue weighted by molar-refractivity contribution is -0.124. The van der Waals surface area contributed by atoms with Gasteiger partial charge in [-0.15, -0.1) is 0 Å². The van der Waals surface area contributed by atoms with Crippen LogP contribution in [-0.2, 0) is 17.9 Å². The molecule has 1 aliphatic rings. The Balaban J connectivity index is 1.42. The molecule has 1 amide bonds. The molecule has 1 atom stereocenters. The fourth-order valence-electron chi connectivity index (χ4n) is 4.19. The first-order valence-electron chi connectivity index (χ1n) is 11.0. The molecule has 2 heterocycles. The van der Waals surface area contributed by atoms with Crippen molar-refractivity contribution in [1.29, 1.82) is 0 Å². The molecule has 1 fully saturated rings. The molecule has 164 valence electrons. The van der Waals surface area contributed by atoms with E-state index >= 15 is 0 Å². The van der Waals surface area contributed by atoms with Crippen molar-refractivity contribution in [2.24, 2.45) is 0 Å². The van der Waals surface area contributed by atoms with Crippen molar-refractivity contribution >= 4 is 17.0 Å². The van der Waals surface area contributed by atoms with E-state index in [0.717, 1.165) is 44.8 Å². The third-order valence-electron chi connectivity index (χ3n) is 6.16. The average molecular weight is 423 g/mol. The quantitative estimate of drug-likeness (QED) is 0.634. The molecule has 1 aliphatic heterocycles. The summed E-state index contributed by atoms with van der Waals surface area (Å²) in [5.74, 6) is -0.726. The molecular formula is C24H30N4O3. The fraction of sp³-hybridized carbons (Fsp3) is 0.417. The Hall–Kier alpha value is -2.90. The number of oxazole rings is 1.